The molecule has 0 radical (unpaired) electrons. The van der Waals surface area contributed by atoms with Gasteiger partial charge in [0, 0.05) is 5.39 Å². The lowest BCUT2D eigenvalue weighted by atomic mass is 10.2. The van der Waals surface area contributed by atoms with Crippen LogP contribution in [-0.4, -0.2) is 6.36 Å². The van der Waals surface area contributed by atoms with Crippen molar-refractivity contribution in [2.45, 2.75) is 13.3 Å². The van der Waals surface area contributed by atoms with E-state index in [4.69, 9.17) is 4.42 Å². The Morgan fingerprint density at radius 2 is 2.00 bits per heavy atom. The molecule has 0 unspecified atom stereocenters. The van der Waals surface area contributed by atoms with Gasteiger partial charge in [-0.25, -0.2) is 0 Å². The van der Waals surface area contributed by atoms with Gasteiger partial charge in [-0.2, -0.15) is 0 Å². The Morgan fingerprint density at radius 3 is 2.67 bits per heavy atom. The third-order valence-corrected chi connectivity index (χ3v) is 1.97. The summed E-state index contributed by atoms with van der Waals surface area (Å²) in [6.07, 6.45) is -3.17. The van der Waals surface area contributed by atoms with Crippen molar-refractivity contribution in [2.75, 3.05) is 0 Å². The summed E-state index contributed by atoms with van der Waals surface area (Å²) in [4.78, 5) is 0. The van der Waals surface area contributed by atoms with E-state index < -0.39 is 6.36 Å². The van der Waals surface area contributed by atoms with Crippen LogP contribution >= 0.6 is 0 Å². The second-order valence-electron chi connectivity index (χ2n) is 3.12. The molecule has 0 amide bonds. The molecule has 0 atom stereocenters. The standard InChI is InChI=1S/C10H7F3O2/c1-6-5-14-9-3-2-7(4-8(6)9)15-10(11,12)13/h2-5H,1H3. The van der Waals surface area contributed by atoms with Crippen LogP contribution in [0.5, 0.6) is 5.75 Å². The molecule has 5 heteroatoms. The number of fused-ring (bicyclic) bond motifs is 1. The van der Waals surface area contributed by atoms with Crippen LogP contribution in [0.15, 0.2) is 28.9 Å². The first kappa shape index (κ1) is 9.89. The lowest BCUT2D eigenvalue weighted by molar-refractivity contribution is -0.274. The predicted octanol–water partition coefficient (Wildman–Crippen LogP) is 3.64. The molecule has 2 rings (SSSR count). The normalized spacial score (nSPS) is 12.0. The van der Waals surface area contributed by atoms with Gasteiger partial charge in [0.1, 0.15) is 11.3 Å². The van der Waals surface area contributed by atoms with Gasteiger partial charge in [-0.15, -0.1) is 13.2 Å². The van der Waals surface area contributed by atoms with E-state index in [0.29, 0.717) is 11.0 Å². The van der Waals surface area contributed by atoms with Gasteiger partial charge in [0.25, 0.3) is 0 Å². The quantitative estimate of drug-likeness (QED) is 0.726. The number of hydrogen-bond acceptors (Lipinski definition) is 2. The minimum absolute atomic E-state index is 0.237. The van der Waals surface area contributed by atoms with Crippen molar-refractivity contribution in [3.63, 3.8) is 0 Å². The van der Waals surface area contributed by atoms with Crippen LogP contribution in [0.4, 0.5) is 13.2 Å². The molecule has 1 aromatic heterocycles. The molecule has 0 saturated carbocycles. The van der Waals surface area contributed by atoms with Gasteiger partial charge < -0.3 is 9.15 Å². The van der Waals surface area contributed by atoms with Gasteiger partial charge in [-0.05, 0) is 30.7 Å². The summed E-state index contributed by atoms with van der Waals surface area (Å²) in [6.45, 7) is 1.75. The van der Waals surface area contributed by atoms with Gasteiger partial charge in [-0.3, -0.25) is 0 Å². The molecule has 0 bridgehead atoms. The minimum atomic E-state index is -4.66. The van der Waals surface area contributed by atoms with Crippen molar-refractivity contribution in [2.24, 2.45) is 0 Å². The molecule has 1 aromatic carbocycles. The van der Waals surface area contributed by atoms with Gasteiger partial charge in [-0.1, -0.05) is 0 Å². The average Bonchev–Trinajstić information content (AvgIpc) is 2.45. The van der Waals surface area contributed by atoms with Crippen molar-refractivity contribution in [1.29, 1.82) is 0 Å². The molecule has 80 valence electrons. The SMILES string of the molecule is Cc1coc2ccc(OC(F)(F)F)cc12. The summed E-state index contributed by atoms with van der Waals surface area (Å²) in [7, 11) is 0. The third-order valence-electron chi connectivity index (χ3n) is 1.97. The first-order valence-corrected chi connectivity index (χ1v) is 4.19. The Morgan fingerprint density at radius 1 is 1.27 bits per heavy atom. The van der Waals surface area contributed by atoms with E-state index >= 15 is 0 Å². The maximum atomic E-state index is 11.9. The van der Waals surface area contributed by atoms with Crippen molar-refractivity contribution in [1.82, 2.24) is 0 Å². The number of aryl methyl sites for hydroxylation is 1. The first-order chi connectivity index (χ1) is 6.96. The predicted molar refractivity (Wildman–Crippen MR) is 47.6 cm³/mol. The Hall–Kier alpha value is -1.65. The maximum Gasteiger partial charge on any atom is 0.573 e. The summed E-state index contributed by atoms with van der Waals surface area (Å²) < 4.78 is 44.7. The zero-order valence-corrected chi connectivity index (χ0v) is 7.76. The van der Waals surface area contributed by atoms with Crippen molar-refractivity contribution in [3.8, 4) is 5.75 Å². The smallest absolute Gasteiger partial charge is 0.464 e. The second kappa shape index (κ2) is 3.18. The molecule has 2 aromatic rings. The van der Waals surface area contributed by atoms with Gasteiger partial charge in [0.05, 0.1) is 6.26 Å². The van der Waals surface area contributed by atoms with E-state index in [0.717, 1.165) is 5.56 Å². The number of benzene rings is 1. The Bertz CT molecular complexity index is 485. The molecule has 0 N–H and O–H groups in total. The summed E-state index contributed by atoms with van der Waals surface area (Å²) in [6, 6.07) is 3.98. The molecule has 0 aliphatic carbocycles. The minimum Gasteiger partial charge on any atom is -0.464 e. The van der Waals surface area contributed by atoms with Crippen LogP contribution in [0, 0.1) is 6.92 Å². The van der Waals surface area contributed by atoms with Crippen LogP contribution in [0.25, 0.3) is 11.0 Å². The maximum absolute atomic E-state index is 11.9. The number of hydrogen-bond donors (Lipinski definition) is 0. The zero-order valence-electron chi connectivity index (χ0n) is 7.76. The highest BCUT2D eigenvalue weighted by Crippen LogP contribution is 2.28. The molecule has 1 heterocycles. The number of halogens is 3. The summed E-state index contributed by atoms with van der Waals surface area (Å²) in [5.41, 5.74) is 1.32. The number of furan rings is 1. The zero-order chi connectivity index (χ0) is 11.1. The molecule has 0 aliphatic rings. The molecule has 0 fully saturated rings. The Labute approximate surface area is 83.2 Å². The number of ether oxygens (including phenoxy) is 1. The van der Waals surface area contributed by atoms with Crippen molar-refractivity contribution < 1.29 is 22.3 Å². The number of alkyl halides is 3. The highest BCUT2D eigenvalue weighted by Gasteiger charge is 2.31. The highest BCUT2D eigenvalue weighted by atomic mass is 19.4. The summed E-state index contributed by atoms with van der Waals surface area (Å²) >= 11 is 0. The summed E-state index contributed by atoms with van der Waals surface area (Å²) in [5, 5.41) is 0.622. The largest absolute Gasteiger partial charge is 0.573 e. The second-order valence-corrected chi connectivity index (χ2v) is 3.12. The lowest BCUT2D eigenvalue weighted by Gasteiger charge is -2.08. The molecule has 2 nitrogen and oxygen atoms in total. The molecule has 15 heavy (non-hydrogen) atoms. The van der Waals surface area contributed by atoms with Crippen LogP contribution in [0.1, 0.15) is 5.56 Å². The molecule has 0 aliphatic heterocycles. The first-order valence-electron chi connectivity index (χ1n) is 4.19. The Kier molecular flexibility index (Phi) is 2.10. The van der Waals surface area contributed by atoms with Crippen LogP contribution < -0.4 is 4.74 Å². The topological polar surface area (TPSA) is 22.4 Å². The van der Waals surface area contributed by atoms with Gasteiger partial charge in [0.15, 0.2) is 0 Å². The highest BCUT2D eigenvalue weighted by molar-refractivity contribution is 5.82. The van der Waals surface area contributed by atoms with Crippen molar-refractivity contribution in [3.05, 3.63) is 30.0 Å². The van der Waals surface area contributed by atoms with E-state index in [1.807, 2.05) is 0 Å². The van der Waals surface area contributed by atoms with Gasteiger partial charge in [0.2, 0.25) is 0 Å². The Balaban J connectivity index is 2.42. The van der Waals surface area contributed by atoms with E-state index in [1.54, 1.807) is 6.92 Å². The lowest BCUT2D eigenvalue weighted by Crippen LogP contribution is -2.16. The monoisotopic (exact) mass is 216 g/mol. The number of rotatable bonds is 1. The molecule has 0 saturated heterocycles. The molecular formula is C10H7F3O2. The fraction of sp³-hybridized carbons (Fsp3) is 0.200. The van der Waals surface area contributed by atoms with E-state index in [2.05, 4.69) is 4.74 Å². The van der Waals surface area contributed by atoms with Crippen LogP contribution in [-0.2, 0) is 0 Å². The fourth-order valence-corrected chi connectivity index (χ4v) is 1.33. The molecular weight excluding hydrogens is 209 g/mol. The average molecular weight is 216 g/mol. The summed E-state index contributed by atoms with van der Waals surface area (Å²) in [5.74, 6) is -0.237. The van der Waals surface area contributed by atoms with Crippen molar-refractivity contribution >= 4 is 11.0 Å². The van der Waals surface area contributed by atoms with Crippen LogP contribution in [0.2, 0.25) is 0 Å². The van der Waals surface area contributed by atoms with E-state index in [9.17, 15) is 13.2 Å². The van der Waals surface area contributed by atoms with E-state index in [1.165, 1.54) is 24.5 Å². The third kappa shape index (κ3) is 2.06. The fourth-order valence-electron chi connectivity index (χ4n) is 1.33. The molecule has 0 spiro atoms. The van der Waals surface area contributed by atoms with Crippen LogP contribution in [0.3, 0.4) is 0 Å². The van der Waals surface area contributed by atoms with Gasteiger partial charge >= 0.3 is 6.36 Å². The van der Waals surface area contributed by atoms with E-state index in [-0.39, 0.29) is 5.75 Å².